The monoisotopic (exact) mass is 420 g/mol. The van der Waals surface area contributed by atoms with Crippen LogP contribution in [0.2, 0.25) is 10.0 Å². The van der Waals surface area contributed by atoms with Crippen molar-refractivity contribution in [1.29, 1.82) is 0 Å². The third-order valence-corrected chi connectivity index (χ3v) is 8.14. The Bertz CT molecular complexity index is 753. The fourth-order valence-corrected chi connectivity index (χ4v) is 6.22. The van der Waals surface area contributed by atoms with Crippen LogP contribution in [0.3, 0.4) is 0 Å². The van der Waals surface area contributed by atoms with E-state index in [1.807, 2.05) is 11.8 Å². The number of nitrogens with one attached hydrogen (secondary N) is 1. The fraction of sp³-hybridized carbons (Fsp3) is 0.588. The normalized spacial score (nSPS) is 21.1. The van der Waals surface area contributed by atoms with E-state index in [-0.39, 0.29) is 26.9 Å². The van der Waals surface area contributed by atoms with Crippen molar-refractivity contribution in [3.8, 4) is 0 Å². The molecule has 2 saturated heterocycles. The molecule has 1 amide bonds. The summed E-state index contributed by atoms with van der Waals surface area (Å²) in [6.07, 6.45) is 2.14. The van der Waals surface area contributed by atoms with Crippen LogP contribution in [-0.4, -0.2) is 68.8 Å². The molecule has 9 heteroatoms. The van der Waals surface area contributed by atoms with E-state index in [1.54, 1.807) is 6.07 Å². The number of halogens is 2. The molecule has 26 heavy (non-hydrogen) atoms. The van der Waals surface area contributed by atoms with E-state index in [1.165, 1.54) is 16.4 Å². The molecule has 0 aromatic heterocycles. The maximum absolute atomic E-state index is 12.9. The number of amides is 1. The maximum atomic E-state index is 12.9. The lowest BCUT2D eigenvalue weighted by molar-refractivity contribution is -0.918. The Labute approximate surface area is 164 Å². The van der Waals surface area contributed by atoms with Crippen LogP contribution in [0.5, 0.6) is 0 Å². The van der Waals surface area contributed by atoms with Crippen LogP contribution >= 0.6 is 23.2 Å². The average molecular weight is 421 g/mol. The Morgan fingerprint density at radius 1 is 1.08 bits per heavy atom. The van der Waals surface area contributed by atoms with E-state index in [9.17, 15) is 13.2 Å². The summed E-state index contributed by atoms with van der Waals surface area (Å²) in [5, 5.41) is 0.259. The molecule has 0 bridgehead atoms. The van der Waals surface area contributed by atoms with Crippen LogP contribution in [0.1, 0.15) is 19.8 Å². The first-order valence-electron chi connectivity index (χ1n) is 8.90. The number of quaternary nitrogens is 1. The van der Waals surface area contributed by atoms with Gasteiger partial charge in [0.05, 0.1) is 36.2 Å². The van der Waals surface area contributed by atoms with Crippen molar-refractivity contribution >= 4 is 39.1 Å². The van der Waals surface area contributed by atoms with Gasteiger partial charge in [0, 0.05) is 13.1 Å². The van der Waals surface area contributed by atoms with Gasteiger partial charge in [0.25, 0.3) is 5.91 Å². The molecule has 144 valence electrons. The first-order valence-corrected chi connectivity index (χ1v) is 11.1. The van der Waals surface area contributed by atoms with E-state index in [0.717, 1.165) is 30.8 Å². The van der Waals surface area contributed by atoms with Gasteiger partial charge in [-0.1, -0.05) is 29.3 Å². The van der Waals surface area contributed by atoms with Gasteiger partial charge in [-0.25, -0.2) is 8.42 Å². The van der Waals surface area contributed by atoms with Crippen molar-refractivity contribution in [1.82, 2.24) is 9.21 Å². The lowest BCUT2D eigenvalue weighted by Gasteiger charge is -2.35. The van der Waals surface area contributed by atoms with Crippen LogP contribution in [-0.2, 0) is 14.8 Å². The minimum atomic E-state index is -3.75. The van der Waals surface area contributed by atoms with Gasteiger partial charge in [-0.05, 0) is 31.9 Å². The molecule has 2 aliphatic heterocycles. The van der Waals surface area contributed by atoms with E-state index < -0.39 is 10.0 Å². The number of nitrogens with zero attached hydrogens (tertiary/aromatic N) is 2. The second-order valence-electron chi connectivity index (χ2n) is 6.87. The summed E-state index contributed by atoms with van der Waals surface area (Å²) in [5.74, 6) is 0.169. The van der Waals surface area contributed by atoms with Crippen molar-refractivity contribution in [2.45, 2.75) is 30.7 Å². The Morgan fingerprint density at radius 2 is 1.62 bits per heavy atom. The quantitative estimate of drug-likeness (QED) is 0.786. The maximum Gasteiger partial charge on any atom is 0.280 e. The highest BCUT2D eigenvalue weighted by molar-refractivity contribution is 7.89. The number of hydrogen-bond donors (Lipinski definition) is 1. The highest BCUT2D eigenvalue weighted by Crippen LogP contribution is 2.31. The summed E-state index contributed by atoms with van der Waals surface area (Å²) >= 11 is 12.2. The summed E-state index contributed by atoms with van der Waals surface area (Å²) in [6, 6.07) is 4.52. The largest absolute Gasteiger partial charge is 0.338 e. The van der Waals surface area contributed by atoms with Crippen molar-refractivity contribution in [3.05, 3.63) is 28.2 Å². The molecule has 0 saturated carbocycles. The van der Waals surface area contributed by atoms with Crippen molar-refractivity contribution in [2.75, 3.05) is 39.3 Å². The van der Waals surface area contributed by atoms with Gasteiger partial charge in [-0.3, -0.25) is 4.79 Å². The predicted octanol–water partition coefficient (Wildman–Crippen LogP) is 0.893. The van der Waals surface area contributed by atoms with Gasteiger partial charge in [-0.2, -0.15) is 4.31 Å². The number of sulfonamides is 1. The van der Waals surface area contributed by atoms with Gasteiger partial charge < -0.3 is 9.80 Å². The van der Waals surface area contributed by atoms with Gasteiger partial charge in [0.2, 0.25) is 10.0 Å². The molecule has 2 heterocycles. The number of likely N-dealkylation sites (tertiary alicyclic amines) is 1. The minimum absolute atomic E-state index is 0.0343. The van der Waals surface area contributed by atoms with Crippen molar-refractivity contribution in [3.63, 3.8) is 0 Å². The van der Waals surface area contributed by atoms with Crippen LogP contribution in [0, 0.1) is 0 Å². The number of hydrogen-bond acceptors (Lipinski definition) is 3. The molecule has 2 aliphatic rings. The van der Waals surface area contributed by atoms with Crippen LogP contribution in [0.4, 0.5) is 0 Å². The first kappa shape index (κ1) is 19.9. The molecule has 1 atom stereocenters. The molecule has 0 unspecified atom stereocenters. The molecule has 1 N–H and O–H groups in total. The second-order valence-corrected chi connectivity index (χ2v) is 9.56. The molecule has 2 fully saturated rings. The Hall–Kier alpha value is -0.860. The van der Waals surface area contributed by atoms with Gasteiger partial charge in [-0.15, -0.1) is 0 Å². The van der Waals surface area contributed by atoms with Crippen LogP contribution < -0.4 is 4.90 Å². The lowest BCUT2D eigenvalue weighted by atomic mass is 10.2. The Kier molecular flexibility index (Phi) is 6.14. The molecule has 1 aromatic rings. The van der Waals surface area contributed by atoms with E-state index in [4.69, 9.17) is 23.2 Å². The number of carbonyl (C=O) groups is 1. The topological polar surface area (TPSA) is 62.1 Å². The molecule has 0 radical (unpaired) electrons. The summed E-state index contributed by atoms with van der Waals surface area (Å²) in [5.41, 5.74) is 0. The zero-order valence-electron chi connectivity index (χ0n) is 14.7. The second kappa shape index (κ2) is 8.02. The molecule has 0 aliphatic carbocycles. The van der Waals surface area contributed by atoms with Crippen molar-refractivity contribution < 1.29 is 18.1 Å². The fourth-order valence-electron chi connectivity index (χ4n) is 3.69. The smallest absolute Gasteiger partial charge is 0.280 e. The number of piperazine rings is 1. The van der Waals surface area contributed by atoms with Gasteiger partial charge in [0.15, 0.2) is 6.04 Å². The average Bonchev–Trinajstić information content (AvgIpc) is 3.15. The number of carbonyl (C=O) groups excluding carboxylic acids is 1. The van der Waals surface area contributed by atoms with Crippen LogP contribution in [0.15, 0.2) is 23.1 Å². The van der Waals surface area contributed by atoms with E-state index in [0.29, 0.717) is 26.2 Å². The van der Waals surface area contributed by atoms with Crippen molar-refractivity contribution in [2.24, 2.45) is 0 Å². The van der Waals surface area contributed by atoms with E-state index in [2.05, 4.69) is 0 Å². The zero-order chi connectivity index (χ0) is 18.9. The summed E-state index contributed by atoms with van der Waals surface area (Å²) in [4.78, 5) is 15.6. The van der Waals surface area contributed by atoms with E-state index >= 15 is 0 Å². The van der Waals surface area contributed by atoms with Gasteiger partial charge >= 0.3 is 0 Å². The molecule has 0 spiro atoms. The lowest BCUT2D eigenvalue weighted by Crippen LogP contribution is -3.19. The number of rotatable bonds is 4. The predicted molar refractivity (Wildman–Crippen MR) is 101 cm³/mol. The third kappa shape index (κ3) is 3.87. The SMILES string of the molecule is C[C@@H](C(=O)N1CCCC1)[NH+]1CCN(S(=O)(=O)c2c(Cl)cccc2Cl)CC1. The molecule has 3 rings (SSSR count). The Morgan fingerprint density at radius 3 is 2.15 bits per heavy atom. The summed E-state index contributed by atoms with van der Waals surface area (Å²) in [7, 11) is -3.75. The highest BCUT2D eigenvalue weighted by atomic mass is 35.5. The summed E-state index contributed by atoms with van der Waals surface area (Å²) < 4.78 is 27.3. The first-order chi connectivity index (χ1) is 12.3. The molecular formula is C17H24Cl2N3O3S+. The molecule has 1 aromatic carbocycles. The molecular weight excluding hydrogens is 397 g/mol. The Balaban J connectivity index is 1.67. The standard InChI is InChI=1S/C17H23Cl2N3O3S/c1-13(17(23)21-7-2-3-8-21)20-9-11-22(12-10-20)26(24,25)16-14(18)5-4-6-15(16)19/h4-6,13H,2-3,7-12H2,1H3/p+1/t13-/m0/s1. The zero-order valence-corrected chi connectivity index (χ0v) is 17.1. The minimum Gasteiger partial charge on any atom is -0.338 e. The number of benzene rings is 1. The van der Waals surface area contributed by atoms with Gasteiger partial charge in [0.1, 0.15) is 4.90 Å². The third-order valence-electron chi connectivity index (χ3n) is 5.28. The summed E-state index contributed by atoms with van der Waals surface area (Å²) in [6.45, 7) is 5.47. The van der Waals surface area contributed by atoms with Crippen LogP contribution in [0.25, 0.3) is 0 Å². The highest BCUT2D eigenvalue weighted by Gasteiger charge is 2.37. The molecule has 6 nitrogen and oxygen atoms in total.